The van der Waals surface area contributed by atoms with Crippen molar-refractivity contribution in [2.24, 2.45) is 0 Å². The Morgan fingerprint density at radius 1 is 0.943 bits per heavy atom. The van der Waals surface area contributed by atoms with Crippen LogP contribution < -0.4 is 10.1 Å². The van der Waals surface area contributed by atoms with E-state index in [4.69, 9.17) is 16.3 Å². The summed E-state index contributed by atoms with van der Waals surface area (Å²) in [4.78, 5) is 13.3. The molecule has 0 saturated carbocycles. The molecule has 1 N–H and O–H groups in total. The monoisotopic (exact) mass is 510 g/mol. The highest BCUT2D eigenvalue weighted by molar-refractivity contribution is 7.89. The van der Waals surface area contributed by atoms with Gasteiger partial charge in [-0.2, -0.15) is 4.31 Å². The average molecular weight is 511 g/mol. The first-order chi connectivity index (χ1) is 16.9. The quantitative estimate of drug-likeness (QED) is 0.253. The SMILES string of the molecule is O=C(NCCOc1ccc(S(=O)(=O)N2CCCC2)cc1)/C(=C/c1ccccc1Cl)c1ccccc1. The number of nitrogens with one attached hydrogen (secondary N) is 1. The number of nitrogens with zero attached hydrogens (tertiary/aromatic N) is 1. The van der Waals surface area contributed by atoms with Crippen LogP contribution in [0.5, 0.6) is 5.75 Å². The highest BCUT2D eigenvalue weighted by Crippen LogP contribution is 2.24. The van der Waals surface area contributed by atoms with Crippen molar-refractivity contribution in [2.75, 3.05) is 26.2 Å². The minimum Gasteiger partial charge on any atom is -0.492 e. The molecule has 1 aliphatic rings. The molecule has 0 bridgehead atoms. The Morgan fingerprint density at radius 2 is 1.60 bits per heavy atom. The summed E-state index contributed by atoms with van der Waals surface area (Å²) in [5.41, 5.74) is 2.03. The summed E-state index contributed by atoms with van der Waals surface area (Å²) in [5.74, 6) is 0.293. The summed E-state index contributed by atoms with van der Waals surface area (Å²) in [6.07, 6.45) is 3.56. The lowest BCUT2D eigenvalue weighted by molar-refractivity contribution is -0.115. The van der Waals surface area contributed by atoms with Crippen molar-refractivity contribution >= 4 is 39.2 Å². The molecule has 0 aliphatic carbocycles. The van der Waals surface area contributed by atoms with Gasteiger partial charge in [0.15, 0.2) is 0 Å². The number of hydrogen-bond donors (Lipinski definition) is 1. The van der Waals surface area contributed by atoms with Gasteiger partial charge in [-0.25, -0.2) is 8.42 Å². The number of halogens is 1. The number of rotatable bonds is 9. The van der Waals surface area contributed by atoms with Gasteiger partial charge in [0.05, 0.1) is 11.4 Å². The zero-order valence-electron chi connectivity index (χ0n) is 19.2. The molecule has 1 aliphatic heterocycles. The van der Waals surface area contributed by atoms with Crippen LogP contribution >= 0.6 is 11.6 Å². The molecule has 1 fully saturated rings. The molecule has 0 spiro atoms. The van der Waals surface area contributed by atoms with Crippen molar-refractivity contribution in [1.29, 1.82) is 0 Å². The Bertz CT molecular complexity index is 1290. The third-order valence-corrected chi connectivity index (χ3v) is 7.97. The lowest BCUT2D eigenvalue weighted by Crippen LogP contribution is -2.29. The van der Waals surface area contributed by atoms with E-state index >= 15 is 0 Å². The molecule has 3 aromatic rings. The minimum atomic E-state index is -3.45. The van der Waals surface area contributed by atoms with Gasteiger partial charge >= 0.3 is 0 Å². The molecule has 0 atom stereocenters. The maximum Gasteiger partial charge on any atom is 0.252 e. The highest BCUT2D eigenvalue weighted by atomic mass is 35.5. The fourth-order valence-corrected chi connectivity index (χ4v) is 5.57. The molecule has 35 heavy (non-hydrogen) atoms. The van der Waals surface area contributed by atoms with E-state index in [1.54, 1.807) is 36.4 Å². The number of benzene rings is 3. The van der Waals surface area contributed by atoms with Gasteiger partial charge in [0.25, 0.3) is 5.91 Å². The zero-order chi connectivity index (χ0) is 24.7. The molecule has 1 heterocycles. The van der Waals surface area contributed by atoms with Crippen LogP contribution in [0.3, 0.4) is 0 Å². The number of hydrogen-bond acceptors (Lipinski definition) is 4. The van der Waals surface area contributed by atoms with E-state index in [1.165, 1.54) is 4.31 Å². The third kappa shape index (κ3) is 6.31. The van der Waals surface area contributed by atoms with E-state index in [0.29, 0.717) is 29.4 Å². The lowest BCUT2D eigenvalue weighted by atomic mass is 10.0. The second-order valence-electron chi connectivity index (χ2n) is 8.13. The molecule has 6 nitrogen and oxygen atoms in total. The van der Waals surface area contributed by atoms with Crippen LogP contribution in [-0.2, 0) is 14.8 Å². The molecule has 0 radical (unpaired) electrons. The van der Waals surface area contributed by atoms with Crippen molar-refractivity contribution in [3.63, 3.8) is 0 Å². The molecule has 4 rings (SSSR count). The summed E-state index contributed by atoms with van der Waals surface area (Å²) >= 11 is 6.29. The lowest BCUT2D eigenvalue weighted by Gasteiger charge is -2.15. The van der Waals surface area contributed by atoms with Gasteiger partial charge < -0.3 is 10.1 Å². The van der Waals surface area contributed by atoms with Crippen molar-refractivity contribution in [2.45, 2.75) is 17.7 Å². The Balaban J connectivity index is 1.36. The van der Waals surface area contributed by atoms with Crippen LogP contribution in [0.15, 0.2) is 83.8 Å². The van der Waals surface area contributed by atoms with Crippen LogP contribution in [0.2, 0.25) is 5.02 Å². The smallest absolute Gasteiger partial charge is 0.252 e. The van der Waals surface area contributed by atoms with E-state index in [-0.39, 0.29) is 24.0 Å². The molecule has 0 aromatic heterocycles. The predicted octanol–water partition coefficient (Wildman–Crippen LogP) is 4.86. The van der Waals surface area contributed by atoms with Crippen molar-refractivity contribution in [1.82, 2.24) is 9.62 Å². The number of ether oxygens (including phenoxy) is 1. The standard InChI is InChI=1S/C27H27ClN2O4S/c28-26-11-5-4-10-22(26)20-25(21-8-2-1-3-9-21)27(31)29-16-19-34-23-12-14-24(15-13-23)35(32,33)30-17-6-7-18-30/h1-5,8-15,20H,6-7,16-19H2,(H,29,31)/b25-20+. The molecule has 1 amide bonds. The number of sulfonamides is 1. The van der Waals surface area contributed by atoms with Gasteiger partial charge in [-0.1, -0.05) is 60.1 Å². The van der Waals surface area contributed by atoms with Gasteiger partial charge in [0.2, 0.25) is 10.0 Å². The minimum absolute atomic E-state index is 0.234. The first-order valence-electron chi connectivity index (χ1n) is 11.5. The van der Waals surface area contributed by atoms with E-state index in [2.05, 4.69) is 5.32 Å². The zero-order valence-corrected chi connectivity index (χ0v) is 20.8. The second-order valence-corrected chi connectivity index (χ2v) is 10.5. The van der Waals surface area contributed by atoms with Crippen molar-refractivity contribution in [3.05, 3.63) is 95.0 Å². The van der Waals surface area contributed by atoms with E-state index in [1.807, 2.05) is 48.5 Å². The molecule has 0 unspecified atom stereocenters. The van der Waals surface area contributed by atoms with E-state index in [0.717, 1.165) is 24.0 Å². The number of amides is 1. The largest absolute Gasteiger partial charge is 0.492 e. The normalized spacial score (nSPS) is 14.6. The fraction of sp³-hybridized carbons (Fsp3) is 0.222. The van der Waals surface area contributed by atoms with Crippen molar-refractivity contribution in [3.8, 4) is 5.75 Å². The average Bonchev–Trinajstić information content (AvgIpc) is 3.43. The second kappa shape index (κ2) is 11.5. The molecular formula is C27H27ClN2O4S. The van der Waals surface area contributed by atoms with Crippen LogP contribution in [0.1, 0.15) is 24.0 Å². The maximum absolute atomic E-state index is 13.0. The van der Waals surface area contributed by atoms with Crippen molar-refractivity contribution < 1.29 is 17.9 Å². The van der Waals surface area contributed by atoms with E-state index < -0.39 is 10.0 Å². The Labute approximate surface area is 211 Å². The molecule has 8 heteroatoms. The molecule has 3 aromatic carbocycles. The first-order valence-corrected chi connectivity index (χ1v) is 13.3. The van der Waals surface area contributed by atoms with Gasteiger partial charge in [-0.05, 0) is 60.4 Å². The van der Waals surface area contributed by atoms with Gasteiger partial charge in [-0.3, -0.25) is 4.79 Å². The van der Waals surface area contributed by atoms with Crippen LogP contribution in [0, 0.1) is 0 Å². The first kappa shape index (κ1) is 25.0. The van der Waals surface area contributed by atoms with Gasteiger partial charge in [0, 0.05) is 23.7 Å². The van der Waals surface area contributed by atoms with E-state index in [9.17, 15) is 13.2 Å². The molecule has 1 saturated heterocycles. The maximum atomic E-state index is 13.0. The van der Waals surface area contributed by atoms with Crippen LogP contribution in [0.25, 0.3) is 11.6 Å². The van der Waals surface area contributed by atoms with Gasteiger partial charge in [0.1, 0.15) is 12.4 Å². The Kier molecular flexibility index (Phi) is 8.23. The summed E-state index contributed by atoms with van der Waals surface area (Å²) in [6.45, 7) is 1.64. The summed E-state index contributed by atoms with van der Waals surface area (Å²) in [7, 11) is -3.45. The Morgan fingerprint density at radius 3 is 2.29 bits per heavy atom. The third-order valence-electron chi connectivity index (χ3n) is 5.72. The van der Waals surface area contributed by atoms with Crippen LogP contribution in [0.4, 0.5) is 0 Å². The predicted molar refractivity (Wildman–Crippen MR) is 139 cm³/mol. The topological polar surface area (TPSA) is 75.7 Å². The van der Waals surface area contributed by atoms with Crippen LogP contribution in [-0.4, -0.2) is 44.9 Å². The molecular weight excluding hydrogens is 484 g/mol. The Hall–Kier alpha value is -3.13. The highest BCUT2D eigenvalue weighted by Gasteiger charge is 2.26. The summed E-state index contributed by atoms with van der Waals surface area (Å²) in [5, 5.41) is 3.45. The van der Waals surface area contributed by atoms with Gasteiger partial charge in [-0.15, -0.1) is 0 Å². The summed E-state index contributed by atoms with van der Waals surface area (Å²) < 4.78 is 32.5. The number of carbonyl (C=O) groups excluding carboxylic acids is 1. The number of carbonyl (C=O) groups is 1. The summed E-state index contributed by atoms with van der Waals surface area (Å²) in [6, 6.07) is 23.1. The fourth-order valence-electron chi connectivity index (χ4n) is 3.86. The molecule has 182 valence electrons.